The number of cyclic esters (lactones) is 1. The van der Waals surface area contributed by atoms with E-state index in [0.717, 1.165) is 22.8 Å². The van der Waals surface area contributed by atoms with Gasteiger partial charge in [-0.25, -0.2) is 4.79 Å². The Kier molecular flexibility index (Phi) is 8.02. The summed E-state index contributed by atoms with van der Waals surface area (Å²) in [5.74, 6) is -1.04. The molecule has 1 N–H and O–H groups in total. The van der Waals surface area contributed by atoms with E-state index in [0.29, 0.717) is 39.5 Å². The van der Waals surface area contributed by atoms with E-state index in [2.05, 4.69) is 8.75 Å². The predicted molar refractivity (Wildman–Crippen MR) is 158 cm³/mol. The number of nitrogens with zero attached hydrogens (tertiary/aromatic N) is 2. The maximum absolute atomic E-state index is 13.5. The van der Waals surface area contributed by atoms with Crippen molar-refractivity contribution in [2.45, 2.75) is 72.1 Å². The van der Waals surface area contributed by atoms with Crippen molar-refractivity contribution < 1.29 is 28.8 Å². The van der Waals surface area contributed by atoms with Gasteiger partial charge in [-0.3, -0.25) is 0 Å². The summed E-state index contributed by atoms with van der Waals surface area (Å²) in [6.07, 6.45) is -0.196. The molecule has 0 aliphatic carbocycles. The molecule has 9 heteroatoms. The van der Waals surface area contributed by atoms with E-state index in [4.69, 9.17) is 18.9 Å². The summed E-state index contributed by atoms with van der Waals surface area (Å²) >= 11 is 1.10. The first-order chi connectivity index (χ1) is 19.5. The molecule has 0 bridgehead atoms. The van der Waals surface area contributed by atoms with Gasteiger partial charge in [0, 0.05) is 17.6 Å². The zero-order valence-electron chi connectivity index (χ0n) is 24.0. The Bertz CT molecular complexity index is 1560. The van der Waals surface area contributed by atoms with E-state index in [1.165, 1.54) is 0 Å². The van der Waals surface area contributed by atoms with E-state index in [-0.39, 0.29) is 30.3 Å². The van der Waals surface area contributed by atoms with Crippen molar-refractivity contribution in [3.63, 3.8) is 0 Å². The number of hydrogen-bond acceptors (Lipinski definition) is 9. The molecule has 5 rings (SSSR count). The Balaban J connectivity index is 1.70. The summed E-state index contributed by atoms with van der Waals surface area (Å²) in [7, 11) is 0. The standard InChI is InChI=1S/C32H34N2O6S/c1-18(2)37-27-15-21(16-28(38-19(3)4)30(27)39-20(5)6)14-24-29(22-12-13-25-26(17-22)34-41-33-25)31(35)40-32(24,36)23-10-8-7-9-11-23/h7-13,15-20,36H,14H2,1-6H3. The average Bonchev–Trinajstić information content (AvgIpc) is 3.47. The molecule has 1 atom stereocenters. The number of rotatable bonds is 10. The lowest BCUT2D eigenvalue weighted by molar-refractivity contribution is -0.185. The van der Waals surface area contributed by atoms with E-state index in [1.54, 1.807) is 36.4 Å². The van der Waals surface area contributed by atoms with Gasteiger partial charge in [0.05, 0.1) is 35.6 Å². The first kappa shape index (κ1) is 28.6. The van der Waals surface area contributed by atoms with Crippen LogP contribution in [0.5, 0.6) is 17.2 Å². The second-order valence-corrected chi connectivity index (χ2v) is 11.3. The van der Waals surface area contributed by atoms with Crippen molar-refractivity contribution in [1.82, 2.24) is 8.75 Å². The zero-order valence-corrected chi connectivity index (χ0v) is 24.8. The van der Waals surface area contributed by atoms with Gasteiger partial charge < -0.3 is 24.1 Å². The quantitative estimate of drug-likeness (QED) is 0.216. The maximum atomic E-state index is 13.5. The summed E-state index contributed by atoms with van der Waals surface area (Å²) in [6.45, 7) is 11.7. The summed E-state index contributed by atoms with van der Waals surface area (Å²) in [4.78, 5) is 13.5. The predicted octanol–water partition coefficient (Wildman–Crippen LogP) is 6.45. The number of carbonyl (C=O) groups is 1. The van der Waals surface area contributed by atoms with E-state index < -0.39 is 11.8 Å². The van der Waals surface area contributed by atoms with E-state index in [9.17, 15) is 9.90 Å². The molecule has 4 aromatic rings. The largest absolute Gasteiger partial charge is 0.487 e. The number of carbonyl (C=O) groups excluding carboxylic acids is 1. The third-order valence-electron chi connectivity index (χ3n) is 6.40. The molecule has 41 heavy (non-hydrogen) atoms. The summed E-state index contributed by atoms with van der Waals surface area (Å²) in [5.41, 5.74) is 3.88. The van der Waals surface area contributed by atoms with Gasteiger partial charge in [-0.2, -0.15) is 8.75 Å². The molecule has 1 aromatic heterocycles. The molecular weight excluding hydrogens is 540 g/mol. The van der Waals surface area contributed by atoms with Crippen LogP contribution in [0.2, 0.25) is 0 Å². The van der Waals surface area contributed by atoms with Crippen LogP contribution >= 0.6 is 11.7 Å². The molecular formula is C32H34N2O6S. The van der Waals surface area contributed by atoms with Gasteiger partial charge in [0.2, 0.25) is 5.75 Å². The number of ether oxygens (including phenoxy) is 4. The zero-order chi connectivity index (χ0) is 29.3. The Morgan fingerprint density at radius 1 is 0.829 bits per heavy atom. The highest BCUT2D eigenvalue weighted by atomic mass is 32.1. The van der Waals surface area contributed by atoms with Crippen LogP contribution in [0.15, 0.2) is 66.2 Å². The highest BCUT2D eigenvalue weighted by molar-refractivity contribution is 7.00. The lowest BCUT2D eigenvalue weighted by atomic mass is 9.88. The van der Waals surface area contributed by atoms with Crippen molar-refractivity contribution in [2.24, 2.45) is 0 Å². The topological polar surface area (TPSA) is 100 Å². The minimum atomic E-state index is -1.98. The molecule has 0 fully saturated rings. The number of hydrogen-bond donors (Lipinski definition) is 1. The molecule has 0 radical (unpaired) electrons. The van der Waals surface area contributed by atoms with Crippen LogP contribution in [-0.2, 0) is 21.7 Å². The van der Waals surface area contributed by atoms with Crippen LogP contribution in [-0.4, -0.2) is 38.1 Å². The fourth-order valence-corrected chi connectivity index (χ4v) is 5.36. The van der Waals surface area contributed by atoms with Crippen LogP contribution in [0.25, 0.3) is 16.6 Å². The van der Waals surface area contributed by atoms with Crippen LogP contribution in [0.3, 0.4) is 0 Å². The lowest BCUT2D eigenvalue weighted by Crippen LogP contribution is -2.29. The number of aliphatic hydroxyl groups is 1. The SMILES string of the molecule is CC(C)Oc1cc(CC2=C(c3ccc4nsnc4c3)C(=O)OC2(O)c2ccccc2)cc(OC(C)C)c1OC(C)C. The highest BCUT2D eigenvalue weighted by Crippen LogP contribution is 2.47. The van der Waals surface area contributed by atoms with Gasteiger partial charge in [0.1, 0.15) is 11.0 Å². The van der Waals surface area contributed by atoms with Crippen LogP contribution < -0.4 is 14.2 Å². The van der Waals surface area contributed by atoms with Crippen LogP contribution in [0.1, 0.15) is 58.2 Å². The molecule has 1 aliphatic rings. The van der Waals surface area contributed by atoms with Gasteiger partial charge in [-0.1, -0.05) is 36.4 Å². The molecule has 3 aromatic carbocycles. The fourth-order valence-electron chi connectivity index (χ4n) is 4.85. The molecule has 8 nitrogen and oxygen atoms in total. The van der Waals surface area contributed by atoms with Gasteiger partial charge in [-0.15, -0.1) is 0 Å². The van der Waals surface area contributed by atoms with Crippen molar-refractivity contribution in [3.8, 4) is 17.2 Å². The lowest BCUT2D eigenvalue weighted by Gasteiger charge is -2.26. The van der Waals surface area contributed by atoms with Crippen LogP contribution in [0, 0.1) is 0 Å². The first-order valence-corrected chi connectivity index (χ1v) is 14.4. The van der Waals surface area contributed by atoms with Crippen LogP contribution in [0.4, 0.5) is 0 Å². The smallest absolute Gasteiger partial charge is 0.342 e. The first-order valence-electron chi connectivity index (χ1n) is 13.7. The molecule has 214 valence electrons. The van der Waals surface area contributed by atoms with Crippen molar-refractivity contribution in [2.75, 3.05) is 0 Å². The monoisotopic (exact) mass is 574 g/mol. The van der Waals surface area contributed by atoms with Crippen molar-refractivity contribution >= 4 is 34.3 Å². The molecule has 0 saturated carbocycles. The average molecular weight is 575 g/mol. The molecule has 0 spiro atoms. The third-order valence-corrected chi connectivity index (χ3v) is 6.96. The number of benzene rings is 3. The highest BCUT2D eigenvalue weighted by Gasteiger charge is 2.48. The summed E-state index contributed by atoms with van der Waals surface area (Å²) in [5, 5.41) is 12.0. The summed E-state index contributed by atoms with van der Waals surface area (Å²) in [6, 6.07) is 18.1. The molecule has 1 aliphatic heterocycles. The molecule has 0 saturated heterocycles. The Labute approximate surface area is 243 Å². The Hall–Kier alpha value is -3.95. The van der Waals surface area contributed by atoms with Crippen molar-refractivity contribution in [1.29, 1.82) is 0 Å². The second kappa shape index (κ2) is 11.5. The van der Waals surface area contributed by atoms with Gasteiger partial charge in [0.15, 0.2) is 11.5 Å². The molecule has 2 heterocycles. The Morgan fingerprint density at radius 3 is 2.05 bits per heavy atom. The van der Waals surface area contributed by atoms with Gasteiger partial charge >= 0.3 is 5.97 Å². The maximum Gasteiger partial charge on any atom is 0.342 e. The minimum absolute atomic E-state index is 0.113. The number of aromatic nitrogens is 2. The van der Waals surface area contributed by atoms with E-state index >= 15 is 0 Å². The molecule has 0 amide bonds. The van der Waals surface area contributed by atoms with E-state index in [1.807, 2.05) is 65.8 Å². The number of fused-ring (bicyclic) bond motifs is 1. The Morgan fingerprint density at radius 2 is 1.44 bits per heavy atom. The summed E-state index contributed by atoms with van der Waals surface area (Å²) < 4.78 is 32.9. The van der Waals surface area contributed by atoms with Gasteiger partial charge in [0.25, 0.3) is 5.79 Å². The third kappa shape index (κ3) is 5.92. The van der Waals surface area contributed by atoms with Crippen molar-refractivity contribution in [3.05, 3.63) is 82.9 Å². The minimum Gasteiger partial charge on any atom is -0.487 e. The molecule has 1 unspecified atom stereocenters. The normalized spacial score (nSPS) is 17.2. The second-order valence-electron chi connectivity index (χ2n) is 10.8. The fraction of sp³-hybridized carbons (Fsp3) is 0.344. The van der Waals surface area contributed by atoms with Gasteiger partial charge in [-0.05, 0) is 76.9 Å². The number of esters is 1.